The van der Waals surface area contributed by atoms with Gasteiger partial charge < -0.3 is 10.0 Å². The van der Waals surface area contributed by atoms with E-state index in [1.54, 1.807) is 0 Å². The Kier molecular flexibility index (Phi) is 4.01. The van der Waals surface area contributed by atoms with E-state index in [0.717, 1.165) is 17.0 Å². The normalized spacial score (nSPS) is 17.1. The summed E-state index contributed by atoms with van der Waals surface area (Å²) in [6.45, 7) is 0.975. The van der Waals surface area contributed by atoms with E-state index in [9.17, 15) is 23.1 Å². The average Bonchev–Trinajstić information content (AvgIpc) is 2.68. The molecule has 1 aromatic carbocycles. The molecule has 1 amide bonds. The number of aliphatic hydroxyl groups is 1. The number of rotatable bonds is 3. The lowest BCUT2D eigenvalue weighted by molar-refractivity contribution is -0.141. The fourth-order valence-electron chi connectivity index (χ4n) is 2.81. The summed E-state index contributed by atoms with van der Waals surface area (Å²) in [6, 6.07) is 3.56. The van der Waals surface area contributed by atoms with Crippen LogP contribution in [0.5, 0.6) is 0 Å². The molecule has 0 saturated carbocycles. The zero-order chi connectivity index (χ0) is 17.6. The Balaban J connectivity index is 2.13. The van der Waals surface area contributed by atoms with Crippen LogP contribution in [0.1, 0.15) is 29.7 Å². The van der Waals surface area contributed by atoms with Gasteiger partial charge in [-0.1, -0.05) is 11.6 Å². The first-order chi connectivity index (χ1) is 11.2. The van der Waals surface area contributed by atoms with Gasteiger partial charge in [0.1, 0.15) is 5.82 Å². The van der Waals surface area contributed by atoms with Gasteiger partial charge in [0.2, 0.25) is 0 Å². The number of halogens is 4. The van der Waals surface area contributed by atoms with Crippen molar-refractivity contribution in [1.82, 2.24) is 4.98 Å². The van der Waals surface area contributed by atoms with Crippen LogP contribution in [0.3, 0.4) is 0 Å². The lowest BCUT2D eigenvalue weighted by atomic mass is 9.98. The molecule has 0 saturated heterocycles. The number of anilines is 1. The van der Waals surface area contributed by atoms with Gasteiger partial charge >= 0.3 is 11.8 Å². The van der Waals surface area contributed by atoms with E-state index >= 15 is 0 Å². The number of alkyl halides is 2. The molecule has 0 spiro atoms. The summed E-state index contributed by atoms with van der Waals surface area (Å²) in [5.74, 6) is -6.39. The molecule has 0 bridgehead atoms. The number of fused-ring (bicyclic) bond motifs is 1. The molecule has 0 aliphatic carbocycles. The number of carbonyl (C=O) groups is 1. The van der Waals surface area contributed by atoms with Crippen molar-refractivity contribution in [3.63, 3.8) is 0 Å². The third-order valence-electron chi connectivity index (χ3n) is 3.81. The highest BCUT2D eigenvalue weighted by Crippen LogP contribution is 2.48. The number of amides is 1. The summed E-state index contributed by atoms with van der Waals surface area (Å²) in [6.07, 6.45) is 1.29. The van der Waals surface area contributed by atoms with Crippen molar-refractivity contribution in [2.24, 2.45) is 0 Å². The summed E-state index contributed by atoms with van der Waals surface area (Å²) < 4.78 is 42.8. The predicted octanol–water partition coefficient (Wildman–Crippen LogP) is 3.57. The van der Waals surface area contributed by atoms with Crippen LogP contribution in [-0.2, 0) is 17.3 Å². The van der Waals surface area contributed by atoms with Crippen molar-refractivity contribution in [2.75, 3.05) is 4.90 Å². The highest BCUT2D eigenvalue weighted by Gasteiger charge is 2.55. The van der Waals surface area contributed by atoms with Crippen molar-refractivity contribution in [3.8, 4) is 0 Å². The number of carbonyl (C=O) groups excluding carboxylic acids is 1. The van der Waals surface area contributed by atoms with Crippen LogP contribution >= 0.6 is 11.6 Å². The van der Waals surface area contributed by atoms with Crippen molar-refractivity contribution in [1.29, 1.82) is 0 Å². The van der Waals surface area contributed by atoms with E-state index in [2.05, 4.69) is 4.98 Å². The standard InChI is InChI=1S/C16H12ClF3N2O2/c1-8(23)13-11(18)2-3-12-14(13)16(19,20)15(24)22(12)7-9-4-10(17)6-21-5-9/h2-6,8,23H,7H2,1H3. The number of nitrogens with zero attached hydrogens (tertiary/aromatic N) is 2. The Morgan fingerprint density at radius 3 is 2.71 bits per heavy atom. The van der Waals surface area contributed by atoms with E-state index in [1.165, 1.54) is 25.4 Å². The average molecular weight is 357 g/mol. The maximum atomic E-state index is 14.5. The smallest absolute Gasteiger partial charge is 0.352 e. The molecule has 24 heavy (non-hydrogen) atoms. The van der Waals surface area contributed by atoms with E-state index in [0.29, 0.717) is 10.6 Å². The summed E-state index contributed by atoms with van der Waals surface area (Å²) in [5, 5.41) is 9.97. The highest BCUT2D eigenvalue weighted by atomic mass is 35.5. The highest BCUT2D eigenvalue weighted by molar-refractivity contribution is 6.30. The van der Waals surface area contributed by atoms with Crippen LogP contribution in [0, 0.1) is 5.82 Å². The quantitative estimate of drug-likeness (QED) is 0.914. The first kappa shape index (κ1) is 16.7. The number of hydrogen-bond acceptors (Lipinski definition) is 3. The lowest BCUT2D eigenvalue weighted by Gasteiger charge is -2.18. The molecule has 8 heteroatoms. The second-order valence-corrected chi connectivity index (χ2v) is 5.94. The van der Waals surface area contributed by atoms with Crippen LogP contribution in [-0.4, -0.2) is 16.0 Å². The van der Waals surface area contributed by atoms with Gasteiger partial charge in [-0.25, -0.2) is 4.39 Å². The fourth-order valence-corrected chi connectivity index (χ4v) is 3.01. The molecular weight excluding hydrogens is 345 g/mol. The molecule has 3 rings (SSSR count). The van der Waals surface area contributed by atoms with Crippen molar-refractivity contribution >= 4 is 23.2 Å². The molecular formula is C16H12ClF3N2O2. The first-order valence-corrected chi connectivity index (χ1v) is 7.41. The molecule has 1 aliphatic rings. The van der Waals surface area contributed by atoms with Gasteiger partial charge in [-0.3, -0.25) is 9.78 Å². The van der Waals surface area contributed by atoms with Crippen molar-refractivity contribution < 1.29 is 23.1 Å². The number of benzene rings is 1. The third-order valence-corrected chi connectivity index (χ3v) is 4.02. The summed E-state index contributed by atoms with van der Waals surface area (Å²) in [7, 11) is 0. The van der Waals surface area contributed by atoms with Gasteiger partial charge in [-0.2, -0.15) is 8.78 Å². The second-order valence-electron chi connectivity index (χ2n) is 5.51. The zero-order valence-electron chi connectivity index (χ0n) is 12.4. The number of hydrogen-bond donors (Lipinski definition) is 1. The van der Waals surface area contributed by atoms with Crippen LogP contribution in [0.4, 0.5) is 18.9 Å². The van der Waals surface area contributed by atoms with Crippen LogP contribution in [0.25, 0.3) is 0 Å². The van der Waals surface area contributed by atoms with Crippen molar-refractivity contribution in [2.45, 2.75) is 25.5 Å². The van der Waals surface area contributed by atoms with Gasteiger partial charge in [0.05, 0.1) is 28.9 Å². The molecule has 0 fully saturated rings. The Labute approximate surface area is 140 Å². The minimum atomic E-state index is -3.92. The van der Waals surface area contributed by atoms with Gasteiger partial charge in [-0.15, -0.1) is 0 Å². The Morgan fingerprint density at radius 1 is 1.38 bits per heavy atom. The molecule has 0 radical (unpaired) electrons. The van der Waals surface area contributed by atoms with Crippen LogP contribution < -0.4 is 4.90 Å². The molecule has 2 aromatic rings. The summed E-state index contributed by atoms with van der Waals surface area (Å²) in [4.78, 5) is 16.9. The molecule has 1 aliphatic heterocycles. The maximum absolute atomic E-state index is 14.5. The van der Waals surface area contributed by atoms with E-state index < -0.39 is 34.9 Å². The van der Waals surface area contributed by atoms with Gasteiger partial charge in [0.15, 0.2) is 0 Å². The predicted molar refractivity (Wildman–Crippen MR) is 81.4 cm³/mol. The van der Waals surface area contributed by atoms with Crippen LogP contribution in [0.2, 0.25) is 5.02 Å². The molecule has 126 valence electrons. The molecule has 4 nitrogen and oxygen atoms in total. The van der Waals surface area contributed by atoms with E-state index in [1.807, 2.05) is 0 Å². The fraction of sp³-hybridized carbons (Fsp3) is 0.250. The molecule has 2 heterocycles. The zero-order valence-corrected chi connectivity index (χ0v) is 13.2. The summed E-state index contributed by atoms with van der Waals surface area (Å²) in [5.41, 5.74) is -1.06. The van der Waals surface area contributed by atoms with Gasteiger partial charge in [0.25, 0.3) is 0 Å². The lowest BCUT2D eigenvalue weighted by Crippen LogP contribution is -2.34. The third kappa shape index (κ3) is 2.53. The molecule has 1 atom stereocenters. The Bertz CT molecular complexity index is 827. The first-order valence-electron chi connectivity index (χ1n) is 7.03. The van der Waals surface area contributed by atoms with Gasteiger partial charge in [-0.05, 0) is 30.7 Å². The number of pyridine rings is 1. The topological polar surface area (TPSA) is 53.4 Å². The van der Waals surface area contributed by atoms with Crippen LogP contribution in [0.15, 0.2) is 30.6 Å². The minimum Gasteiger partial charge on any atom is -0.389 e. The number of aromatic nitrogens is 1. The SMILES string of the molecule is CC(O)c1c(F)ccc2c1C(F)(F)C(=O)N2Cc1cncc(Cl)c1. The molecule has 1 aromatic heterocycles. The largest absolute Gasteiger partial charge is 0.389 e. The van der Waals surface area contributed by atoms with E-state index in [4.69, 9.17) is 11.6 Å². The van der Waals surface area contributed by atoms with Gasteiger partial charge in [0, 0.05) is 18.0 Å². The Hall–Kier alpha value is -2.12. The molecule has 1 N–H and O–H groups in total. The van der Waals surface area contributed by atoms with Crippen molar-refractivity contribution in [3.05, 3.63) is 58.1 Å². The maximum Gasteiger partial charge on any atom is 0.352 e. The minimum absolute atomic E-state index is 0.137. The number of aliphatic hydroxyl groups excluding tert-OH is 1. The monoisotopic (exact) mass is 356 g/mol. The summed E-state index contributed by atoms with van der Waals surface area (Å²) >= 11 is 5.81. The van der Waals surface area contributed by atoms with E-state index in [-0.39, 0.29) is 12.2 Å². The molecule has 1 unspecified atom stereocenters. The second kappa shape index (κ2) is 5.75. The Morgan fingerprint density at radius 2 is 2.08 bits per heavy atom.